The van der Waals surface area contributed by atoms with Crippen molar-refractivity contribution in [2.75, 3.05) is 38.2 Å². The molecule has 122 valence electrons. The Hall–Kier alpha value is -1.93. The number of hydrogen-bond donors (Lipinski definition) is 1. The number of ether oxygens (including phenoxy) is 2. The van der Waals surface area contributed by atoms with Gasteiger partial charge in [-0.2, -0.15) is 5.10 Å². The molecule has 1 aromatic heterocycles. The minimum absolute atomic E-state index is 0.308. The van der Waals surface area contributed by atoms with Gasteiger partial charge in [0.15, 0.2) is 6.61 Å². The zero-order chi connectivity index (χ0) is 16.1. The summed E-state index contributed by atoms with van der Waals surface area (Å²) in [7, 11) is 1.73. The van der Waals surface area contributed by atoms with Gasteiger partial charge in [0, 0.05) is 26.2 Å². The van der Waals surface area contributed by atoms with Crippen molar-refractivity contribution in [3.8, 4) is 0 Å². The van der Waals surface area contributed by atoms with Crippen LogP contribution in [0, 0.1) is 6.92 Å². The summed E-state index contributed by atoms with van der Waals surface area (Å²) in [6.45, 7) is 5.90. The minimum atomic E-state index is -0.404. The summed E-state index contributed by atoms with van der Waals surface area (Å²) in [5, 5.41) is 6.78. The highest BCUT2D eigenvalue weighted by atomic mass is 16.5. The molecule has 1 fully saturated rings. The lowest BCUT2D eigenvalue weighted by Crippen LogP contribution is -2.46. The van der Waals surface area contributed by atoms with Crippen LogP contribution in [0.5, 0.6) is 0 Å². The van der Waals surface area contributed by atoms with Crippen LogP contribution in [0.1, 0.15) is 12.6 Å². The second kappa shape index (κ2) is 7.37. The van der Waals surface area contributed by atoms with Gasteiger partial charge in [-0.05, 0) is 13.8 Å². The number of anilines is 1. The summed E-state index contributed by atoms with van der Waals surface area (Å²) in [6, 6.07) is 1.37. The van der Waals surface area contributed by atoms with Crippen molar-refractivity contribution in [1.29, 1.82) is 0 Å². The van der Waals surface area contributed by atoms with Gasteiger partial charge in [-0.3, -0.25) is 19.2 Å². The van der Waals surface area contributed by atoms with Crippen molar-refractivity contribution in [1.82, 2.24) is 14.7 Å². The van der Waals surface area contributed by atoms with E-state index in [0.29, 0.717) is 32.1 Å². The standard InChI is InChI=1S/C14H22N4O4/c1-10-8-12(17(3)16-10)15-13(19)9-22-14(20)11(2)18-4-6-21-7-5-18/h8,11H,4-7,9H2,1-3H3,(H,15,19)/t11-/m1/s1. The van der Waals surface area contributed by atoms with Crippen LogP contribution in [0.3, 0.4) is 0 Å². The van der Waals surface area contributed by atoms with Crippen molar-refractivity contribution in [3.05, 3.63) is 11.8 Å². The lowest BCUT2D eigenvalue weighted by molar-refractivity contribution is -0.153. The van der Waals surface area contributed by atoms with E-state index in [1.165, 1.54) is 0 Å². The average Bonchev–Trinajstić information content (AvgIpc) is 2.82. The van der Waals surface area contributed by atoms with E-state index in [1.807, 2.05) is 11.8 Å². The Kier molecular flexibility index (Phi) is 5.51. The van der Waals surface area contributed by atoms with E-state index in [9.17, 15) is 9.59 Å². The molecule has 1 aromatic rings. The Labute approximate surface area is 129 Å². The Morgan fingerprint density at radius 1 is 1.45 bits per heavy atom. The van der Waals surface area contributed by atoms with Crippen LogP contribution in [0.15, 0.2) is 6.07 Å². The third kappa shape index (κ3) is 4.28. The molecular formula is C14H22N4O4. The van der Waals surface area contributed by atoms with E-state index in [1.54, 1.807) is 24.7 Å². The molecule has 0 saturated carbocycles. The van der Waals surface area contributed by atoms with Gasteiger partial charge in [0.05, 0.1) is 18.9 Å². The minimum Gasteiger partial charge on any atom is -0.454 e. The second-order valence-electron chi connectivity index (χ2n) is 5.27. The largest absolute Gasteiger partial charge is 0.454 e. The summed E-state index contributed by atoms with van der Waals surface area (Å²) >= 11 is 0. The number of carbonyl (C=O) groups excluding carboxylic acids is 2. The molecule has 2 rings (SSSR count). The molecule has 1 aliphatic rings. The average molecular weight is 310 g/mol. The SMILES string of the molecule is Cc1cc(NC(=O)COC(=O)[C@@H](C)N2CCOCC2)n(C)n1. The molecule has 0 aromatic carbocycles. The maximum atomic E-state index is 12.0. The molecular weight excluding hydrogens is 288 g/mol. The molecule has 0 spiro atoms. The highest BCUT2D eigenvalue weighted by Crippen LogP contribution is 2.08. The van der Waals surface area contributed by atoms with Crippen LogP contribution in [0.4, 0.5) is 5.82 Å². The van der Waals surface area contributed by atoms with Crippen LogP contribution in [0.25, 0.3) is 0 Å². The fourth-order valence-corrected chi connectivity index (χ4v) is 2.28. The maximum Gasteiger partial charge on any atom is 0.323 e. The van der Waals surface area contributed by atoms with E-state index in [2.05, 4.69) is 10.4 Å². The number of hydrogen-bond acceptors (Lipinski definition) is 6. The van der Waals surface area contributed by atoms with Crippen LogP contribution >= 0.6 is 0 Å². The van der Waals surface area contributed by atoms with Gasteiger partial charge in [0.1, 0.15) is 11.9 Å². The van der Waals surface area contributed by atoms with Crippen molar-refractivity contribution in [2.45, 2.75) is 19.9 Å². The fourth-order valence-electron chi connectivity index (χ4n) is 2.28. The normalized spacial score (nSPS) is 17.0. The first kappa shape index (κ1) is 16.4. The first-order valence-electron chi connectivity index (χ1n) is 7.26. The zero-order valence-electron chi connectivity index (χ0n) is 13.2. The van der Waals surface area contributed by atoms with Crippen LogP contribution < -0.4 is 5.32 Å². The topological polar surface area (TPSA) is 85.7 Å². The molecule has 8 nitrogen and oxygen atoms in total. The maximum absolute atomic E-state index is 12.0. The first-order valence-corrected chi connectivity index (χ1v) is 7.26. The number of carbonyl (C=O) groups is 2. The molecule has 8 heteroatoms. The number of esters is 1. The van der Waals surface area contributed by atoms with Gasteiger partial charge in [-0.25, -0.2) is 0 Å². The smallest absolute Gasteiger partial charge is 0.323 e. The molecule has 22 heavy (non-hydrogen) atoms. The van der Waals surface area contributed by atoms with Crippen LogP contribution in [-0.2, 0) is 26.1 Å². The molecule has 1 atom stereocenters. The summed E-state index contributed by atoms with van der Waals surface area (Å²) < 4.78 is 11.9. The van der Waals surface area contributed by atoms with Gasteiger partial charge in [-0.1, -0.05) is 0 Å². The van der Waals surface area contributed by atoms with Crippen molar-refractivity contribution in [3.63, 3.8) is 0 Å². The highest BCUT2D eigenvalue weighted by Gasteiger charge is 2.24. The molecule has 1 amide bonds. The van der Waals surface area contributed by atoms with Crippen molar-refractivity contribution in [2.24, 2.45) is 7.05 Å². The number of aromatic nitrogens is 2. The highest BCUT2D eigenvalue weighted by molar-refractivity contribution is 5.92. The summed E-state index contributed by atoms with van der Waals surface area (Å²) in [4.78, 5) is 25.8. The molecule has 0 unspecified atom stereocenters. The Morgan fingerprint density at radius 3 is 2.73 bits per heavy atom. The first-order chi connectivity index (χ1) is 10.5. The lowest BCUT2D eigenvalue weighted by atomic mass is 10.2. The number of nitrogens with zero attached hydrogens (tertiary/aromatic N) is 3. The molecule has 1 N–H and O–H groups in total. The Bertz CT molecular complexity index is 537. The number of aryl methyl sites for hydroxylation is 2. The Balaban J connectivity index is 1.77. The predicted molar refractivity (Wildman–Crippen MR) is 79.4 cm³/mol. The molecule has 0 bridgehead atoms. The monoisotopic (exact) mass is 310 g/mol. The summed E-state index contributed by atoms with van der Waals surface area (Å²) in [5.41, 5.74) is 0.802. The van der Waals surface area contributed by atoms with Gasteiger partial charge in [0.25, 0.3) is 5.91 Å². The molecule has 0 radical (unpaired) electrons. The van der Waals surface area contributed by atoms with Gasteiger partial charge >= 0.3 is 5.97 Å². The van der Waals surface area contributed by atoms with Crippen molar-refractivity contribution >= 4 is 17.7 Å². The molecule has 0 aliphatic carbocycles. The van der Waals surface area contributed by atoms with Crippen LogP contribution in [-0.4, -0.2) is 65.5 Å². The quantitative estimate of drug-likeness (QED) is 0.766. The van der Waals surface area contributed by atoms with Gasteiger partial charge < -0.3 is 14.8 Å². The second-order valence-corrected chi connectivity index (χ2v) is 5.27. The van der Waals surface area contributed by atoms with E-state index in [0.717, 1.165) is 5.69 Å². The lowest BCUT2D eigenvalue weighted by Gasteiger charge is -2.30. The summed E-state index contributed by atoms with van der Waals surface area (Å²) in [5.74, 6) is -0.219. The fraction of sp³-hybridized carbons (Fsp3) is 0.643. The third-order valence-electron chi connectivity index (χ3n) is 3.55. The zero-order valence-corrected chi connectivity index (χ0v) is 13.2. The van der Waals surface area contributed by atoms with Crippen LogP contribution in [0.2, 0.25) is 0 Å². The molecule has 1 saturated heterocycles. The van der Waals surface area contributed by atoms with Gasteiger partial charge in [0.2, 0.25) is 0 Å². The number of rotatable bonds is 5. The van der Waals surface area contributed by atoms with E-state index in [-0.39, 0.29) is 18.6 Å². The third-order valence-corrected chi connectivity index (χ3v) is 3.55. The summed E-state index contributed by atoms with van der Waals surface area (Å²) in [6.07, 6.45) is 0. The molecule has 2 heterocycles. The molecule has 1 aliphatic heterocycles. The van der Waals surface area contributed by atoms with E-state index in [4.69, 9.17) is 9.47 Å². The number of nitrogens with one attached hydrogen (secondary N) is 1. The number of morpholine rings is 1. The predicted octanol–water partition coefficient (Wildman–Crippen LogP) is -0.0691. The Morgan fingerprint density at radius 2 is 2.14 bits per heavy atom. The van der Waals surface area contributed by atoms with E-state index < -0.39 is 5.97 Å². The van der Waals surface area contributed by atoms with Crippen molar-refractivity contribution < 1.29 is 19.1 Å². The van der Waals surface area contributed by atoms with E-state index >= 15 is 0 Å². The number of amides is 1. The van der Waals surface area contributed by atoms with Gasteiger partial charge in [-0.15, -0.1) is 0 Å².